The molecule has 0 bridgehead atoms. The first-order valence-corrected chi connectivity index (χ1v) is 8.75. The number of aryl methyl sites for hydroxylation is 1. The molecular formula is C19H25N4O2. The molecule has 0 saturated carbocycles. The summed E-state index contributed by atoms with van der Waals surface area (Å²) in [6.07, 6.45) is 5.31. The minimum Gasteiger partial charge on any atom is -0.484 e. The van der Waals surface area contributed by atoms with Gasteiger partial charge in [-0.05, 0) is 69.6 Å². The zero-order valence-corrected chi connectivity index (χ0v) is 14.8. The third kappa shape index (κ3) is 4.60. The first kappa shape index (κ1) is 17.5. The maximum atomic E-state index is 12.0. The Morgan fingerprint density at radius 3 is 3.12 bits per heavy atom. The molecule has 6 nitrogen and oxygen atoms in total. The number of rotatable bonds is 7. The second-order valence-corrected chi connectivity index (χ2v) is 6.55. The molecule has 2 N–H and O–H groups in total. The van der Waals surface area contributed by atoms with Gasteiger partial charge in [0.15, 0.2) is 6.61 Å². The van der Waals surface area contributed by atoms with Crippen LogP contribution in [-0.2, 0) is 4.79 Å². The molecule has 25 heavy (non-hydrogen) atoms. The predicted molar refractivity (Wildman–Crippen MR) is 96.4 cm³/mol. The molecule has 1 aromatic carbocycles. The van der Waals surface area contributed by atoms with Gasteiger partial charge in [-0.15, -0.1) is 0 Å². The number of hydrogen-bond donors (Lipinski definition) is 2. The fourth-order valence-corrected chi connectivity index (χ4v) is 3.26. The maximum Gasteiger partial charge on any atom is 0.257 e. The molecule has 1 atom stereocenters. The summed E-state index contributed by atoms with van der Waals surface area (Å²) >= 11 is 0. The van der Waals surface area contributed by atoms with E-state index in [0.717, 1.165) is 29.8 Å². The quantitative estimate of drug-likeness (QED) is 0.810. The van der Waals surface area contributed by atoms with Crippen molar-refractivity contribution in [2.24, 2.45) is 0 Å². The van der Waals surface area contributed by atoms with E-state index in [1.165, 1.54) is 12.8 Å². The number of nitrogens with zero attached hydrogens (tertiary/aromatic N) is 2. The molecule has 3 rings (SSSR count). The van der Waals surface area contributed by atoms with Crippen LogP contribution in [0.1, 0.15) is 25.0 Å². The Morgan fingerprint density at radius 1 is 1.52 bits per heavy atom. The standard InChI is InChI=1S/C19H25N4O2/c1-14-18(12-21-22-14)15-5-3-7-17(11-15)25-13-19(24)20-9-8-16-6-4-10-23(16)2/h5,7,11-12,16H,4,6,8-10,13H2,1-2H3,(H,20,24)(H,21,22). The van der Waals surface area contributed by atoms with Crippen molar-refractivity contribution in [2.75, 3.05) is 26.7 Å². The van der Waals surface area contributed by atoms with Crippen LogP contribution in [0, 0.1) is 13.0 Å². The number of carbonyl (C=O) groups is 1. The number of likely N-dealkylation sites (tertiary alicyclic amines) is 1. The van der Waals surface area contributed by atoms with Crippen LogP contribution in [0.25, 0.3) is 11.1 Å². The number of H-pyrrole nitrogens is 1. The van der Waals surface area contributed by atoms with Crippen LogP contribution in [0.5, 0.6) is 5.75 Å². The van der Waals surface area contributed by atoms with Crippen molar-refractivity contribution in [2.45, 2.75) is 32.2 Å². The summed E-state index contributed by atoms with van der Waals surface area (Å²) in [6.45, 7) is 3.80. The highest BCUT2D eigenvalue weighted by Gasteiger charge is 2.20. The normalized spacial score (nSPS) is 17.6. The molecule has 1 saturated heterocycles. The molecule has 1 aliphatic heterocycles. The van der Waals surface area contributed by atoms with Gasteiger partial charge in [0.25, 0.3) is 5.91 Å². The Labute approximate surface area is 148 Å². The van der Waals surface area contributed by atoms with Crippen molar-refractivity contribution in [3.05, 3.63) is 36.2 Å². The van der Waals surface area contributed by atoms with Gasteiger partial charge in [0.2, 0.25) is 0 Å². The molecule has 6 heteroatoms. The lowest BCUT2D eigenvalue weighted by atomic mass is 10.1. The van der Waals surface area contributed by atoms with Gasteiger partial charge in [-0.25, -0.2) is 0 Å². The van der Waals surface area contributed by atoms with Gasteiger partial charge in [0, 0.05) is 24.3 Å². The van der Waals surface area contributed by atoms with Crippen molar-refractivity contribution in [3.8, 4) is 16.9 Å². The van der Waals surface area contributed by atoms with Gasteiger partial charge in [-0.3, -0.25) is 9.89 Å². The summed E-state index contributed by atoms with van der Waals surface area (Å²) in [4.78, 5) is 14.3. The number of ether oxygens (including phenoxy) is 1. The molecule has 2 heterocycles. The Bertz CT molecular complexity index is 713. The Balaban J connectivity index is 1.45. The van der Waals surface area contributed by atoms with Gasteiger partial charge < -0.3 is 15.0 Å². The minimum absolute atomic E-state index is 0.0160. The predicted octanol–water partition coefficient (Wildman–Crippen LogP) is 2.16. The lowest BCUT2D eigenvalue weighted by Gasteiger charge is -2.19. The molecule has 0 aliphatic carbocycles. The van der Waals surface area contributed by atoms with Gasteiger partial charge in [0.05, 0.1) is 5.69 Å². The fraction of sp³-hybridized carbons (Fsp3) is 0.474. The second kappa shape index (κ2) is 8.16. The number of aromatic amines is 1. The fourth-order valence-electron chi connectivity index (χ4n) is 3.26. The zero-order chi connectivity index (χ0) is 17.6. The third-order valence-corrected chi connectivity index (χ3v) is 4.75. The van der Waals surface area contributed by atoms with E-state index < -0.39 is 0 Å². The largest absolute Gasteiger partial charge is 0.484 e. The summed E-state index contributed by atoms with van der Waals surface area (Å²) in [7, 11) is 2.15. The van der Waals surface area contributed by atoms with E-state index in [0.29, 0.717) is 18.3 Å². The molecule has 0 spiro atoms. The zero-order valence-electron chi connectivity index (χ0n) is 14.8. The summed E-state index contributed by atoms with van der Waals surface area (Å²) in [6, 6.07) is 9.15. The van der Waals surface area contributed by atoms with Gasteiger partial charge >= 0.3 is 0 Å². The van der Waals surface area contributed by atoms with Crippen LogP contribution in [0.2, 0.25) is 0 Å². The van der Waals surface area contributed by atoms with E-state index in [9.17, 15) is 4.79 Å². The monoisotopic (exact) mass is 341 g/mol. The smallest absolute Gasteiger partial charge is 0.257 e. The van der Waals surface area contributed by atoms with Crippen LogP contribution in [-0.4, -0.2) is 53.8 Å². The van der Waals surface area contributed by atoms with E-state index in [1.54, 1.807) is 6.07 Å². The third-order valence-electron chi connectivity index (χ3n) is 4.75. The van der Waals surface area contributed by atoms with Gasteiger partial charge in [-0.1, -0.05) is 0 Å². The molecule has 1 amide bonds. The second-order valence-electron chi connectivity index (χ2n) is 6.55. The van der Waals surface area contributed by atoms with Gasteiger partial charge in [-0.2, -0.15) is 5.10 Å². The number of carbonyl (C=O) groups excluding carboxylic acids is 1. The Morgan fingerprint density at radius 2 is 2.40 bits per heavy atom. The van der Waals surface area contributed by atoms with E-state index in [4.69, 9.17) is 4.74 Å². The van der Waals surface area contributed by atoms with Crippen molar-refractivity contribution >= 4 is 5.91 Å². The number of amides is 1. The summed E-state index contributed by atoms with van der Waals surface area (Å²) in [5.41, 5.74) is 2.89. The summed E-state index contributed by atoms with van der Waals surface area (Å²) in [5.74, 6) is 0.536. The lowest BCUT2D eigenvalue weighted by molar-refractivity contribution is -0.123. The Kier molecular flexibility index (Phi) is 5.71. The summed E-state index contributed by atoms with van der Waals surface area (Å²) < 4.78 is 5.61. The van der Waals surface area contributed by atoms with Crippen molar-refractivity contribution in [1.29, 1.82) is 0 Å². The number of benzene rings is 1. The van der Waals surface area contributed by atoms with Crippen molar-refractivity contribution < 1.29 is 9.53 Å². The molecular weight excluding hydrogens is 316 g/mol. The maximum absolute atomic E-state index is 12.0. The molecule has 1 aliphatic rings. The van der Waals surface area contributed by atoms with Crippen LogP contribution in [0.3, 0.4) is 0 Å². The summed E-state index contributed by atoms with van der Waals surface area (Å²) in [5, 5.41) is 9.90. The van der Waals surface area contributed by atoms with Crippen LogP contribution >= 0.6 is 0 Å². The lowest BCUT2D eigenvalue weighted by Crippen LogP contribution is -2.34. The van der Waals surface area contributed by atoms with Gasteiger partial charge in [0.1, 0.15) is 5.75 Å². The van der Waals surface area contributed by atoms with Crippen molar-refractivity contribution in [3.63, 3.8) is 0 Å². The molecule has 2 aromatic rings. The molecule has 1 radical (unpaired) electrons. The SMILES string of the molecule is Cc1n[nH]cc1-c1c[c]cc(OCC(=O)NCCC2CCCN2C)c1. The minimum atomic E-state index is -0.0921. The van der Waals surface area contributed by atoms with E-state index >= 15 is 0 Å². The van der Waals surface area contributed by atoms with E-state index in [-0.39, 0.29) is 12.5 Å². The molecule has 133 valence electrons. The highest BCUT2D eigenvalue weighted by molar-refractivity contribution is 5.77. The first-order valence-electron chi connectivity index (χ1n) is 8.75. The molecule has 1 aromatic heterocycles. The first-order chi connectivity index (χ1) is 12.1. The van der Waals surface area contributed by atoms with Crippen LogP contribution < -0.4 is 10.1 Å². The average molecular weight is 341 g/mol. The average Bonchev–Trinajstić information content (AvgIpc) is 3.22. The van der Waals surface area contributed by atoms with Crippen LogP contribution in [0.15, 0.2) is 24.4 Å². The molecule has 1 fully saturated rings. The number of aromatic nitrogens is 2. The van der Waals surface area contributed by atoms with E-state index in [2.05, 4.69) is 33.5 Å². The van der Waals surface area contributed by atoms with Crippen LogP contribution in [0.4, 0.5) is 0 Å². The molecule has 1 unspecified atom stereocenters. The highest BCUT2D eigenvalue weighted by atomic mass is 16.5. The number of nitrogens with one attached hydrogen (secondary N) is 2. The Hall–Kier alpha value is -2.34. The van der Waals surface area contributed by atoms with Crippen molar-refractivity contribution in [1.82, 2.24) is 20.4 Å². The topological polar surface area (TPSA) is 70.2 Å². The highest BCUT2D eigenvalue weighted by Crippen LogP contribution is 2.25. The van der Waals surface area contributed by atoms with E-state index in [1.807, 2.05) is 25.3 Å². The number of hydrogen-bond acceptors (Lipinski definition) is 4.